The average Bonchev–Trinajstić information content (AvgIpc) is 2.72. The second-order valence-electron chi connectivity index (χ2n) is 4.36. The van der Waals surface area contributed by atoms with Gasteiger partial charge in [0.15, 0.2) is 0 Å². The van der Waals surface area contributed by atoms with E-state index in [4.69, 9.17) is 0 Å². The van der Waals surface area contributed by atoms with E-state index in [2.05, 4.69) is 36.1 Å². The van der Waals surface area contributed by atoms with E-state index in [0.29, 0.717) is 0 Å². The number of aliphatic hydroxyl groups excluding tert-OH is 1. The maximum atomic E-state index is 9.49. The number of aliphatic hydroxyl groups is 1. The van der Waals surface area contributed by atoms with Gasteiger partial charge in [0.05, 0.1) is 12.6 Å². The zero-order valence-electron chi connectivity index (χ0n) is 9.32. The van der Waals surface area contributed by atoms with Gasteiger partial charge in [0.1, 0.15) is 0 Å². The molecule has 0 spiro atoms. The van der Waals surface area contributed by atoms with Gasteiger partial charge in [0.2, 0.25) is 0 Å². The molecule has 1 aliphatic heterocycles. The van der Waals surface area contributed by atoms with Crippen LogP contribution in [0.1, 0.15) is 30.0 Å². The molecule has 1 N–H and O–H groups in total. The lowest BCUT2D eigenvalue weighted by atomic mass is 10.0. The summed E-state index contributed by atoms with van der Waals surface area (Å²) in [4.78, 5) is 2.38. The topological polar surface area (TPSA) is 23.5 Å². The second kappa shape index (κ2) is 4.77. The van der Waals surface area contributed by atoms with Gasteiger partial charge in [-0.15, -0.1) is 0 Å². The first kappa shape index (κ1) is 10.7. The Balaban J connectivity index is 2.18. The lowest BCUT2D eigenvalue weighted by molar-refractivity contribution is 0.147. The molecule has 1 aromatic rings. The van der Waals surface area contributed by atoms with Crippen molar-refractivity contribution in [2.24, 2.45) is 0 Å². The van der Waals surface area contributed by atoms with E-state index in [0.717, 1.165) is 13.1 Å². The zero-order valence-corrected chi connectivity index (χ0v) is 9.32. The van der Waals surface area contributed by atoms with Crippen LogP contribution >= 0.6 is 0 Å². The first-order chi connectivity index (χ1) is 7.31. The van der Waals surface area contributed by atoms with E-state index in [1.165, 1.54) is 24.0 Å². The minimum atomic E-state index is 0.201. The van der Waals surface area contributed by atoms with E-state index in [9.17, 15) is 5.11 Å². The van der Waals surface area contributed by atoms with Gasteiger partial charge < -0.3 is 5.11 Å². The van der Waals surface area contributed by atoms with Gasteiger partial charge in [-0.05, 0) is 38.4 Å². The Labute approximate surface area is 91.5 Å². The Hall–Kier alpha value is -0.860. The van der Waals surface area contributed by atoms with Crippen molar-refractivity contribution in [3.63, 3.8) is 0 Å². The molecule has 0 aromatic heterocycles. The summed E-state index contributed by atoms with van der Waals surface area (Å²) in [5.41, 5.74) is 2.52. The summed E-state index contributed by atoms with van der Waals surface area (Å²) in [6.45, 7) is 4.57. The van der Waals surface area contributed by atoms with Crippen molar-refractivity contribution < 1.29 is 5.11 Å². The van der Waals surface area contributed by atoms with Crippen molar-refractivity contribution >= 4 is 0 Å². The van der Waals surface area contributed by atoms with Crippen LogP contribution in [0.2, 0.25) is 0 Å². The standard InChI is InChI=1S/C13H19NO/c1-11-5-4-6-12(9-11)13(10-15)14-7-2-3-8-14/h4-6,9,13,15H,2-3,7-8,10H2,1H3. The molecule has 0 saturated carbocycles. The maximum absolute atomic E-state index is 9.49. The molecule has 2 rings (SSSR count). The normalized spacial score (nSPS) is 19.3. The molecule has 1 aliphatic rings. The monoisotopic (exact) mass is 205 g/mol. The highest BCUT2D eigenvalue weighted by Crippen LogP contribution is 2.24. The predicted molar refractivity (Wildman–Crippen MR) is 61.8 cm³/mol. The molecule has 2 nitrogen and oxygen atoms in total. The lowest BCUT2D eigenvalue weighted by Crippen LogP contribution is -2.28. The Morgan fingerprint density at radius 1 is 1.33 bits per heavy atom. The van der Waals surface area contributed by atoms with Gasteiger partial charge >= 0.3 is 0 Å². The number of rotatable bonds is 3. The quantitative estimate of drug-likeness (QED) is 0.817. The van der Waals surface area contributed by atoms with Gasteiger partial charge in [0, 0.05) is 0 Å². The molecule has 1 saturated heterocycles. The van der Waals surface area contributed by atoms with Gasteiger partial charge in [-0.25, -0.2) is 0 Å². The molecule has 0 amide bonds. The summed E-state index contributed by atoms with van der Waals surface area (Å²) < 4.78 is 0. The van der Waals surface area contributed by atoms with Gasteiger partial charge in [-0.1, -0.05) is 29.8 Å². The van der Waals surface area contributed by atoms with E-state index < -0.39 is 0 Å². The Morgan fingerprint density at radius 3 is 2.67 bits per heavy atom. The summed E-state index contributed by atoms with van der Waals surface area (Å²) in [7, 11) is 0. The largest absolute Gasteiger partial charge is 0.394 e. The molecule has 1 heterocycles. The molecule has 1 fully saturated rings. The smallest absolute Gasteiger partial charge is 0.0628 e. The van der Waals surface area contributed by atoms with Crippen LogP contribution < -0.4 is 0 Å². The Morgan fingerprint density at radius 2 is 2.07 bits per heavy atom. The molecular formula is C13H19NO. The van der Waals surface area contributed by atoms with Gasteiger partial charge in [0.25, 0.3) is 0 Å². The number of nitrogens with zero attached hydrogens (tertiary/aromatic N) is 1. The molecule has 2 heteroatoms. The highest BCUT2D eigenvalue weighted by Gasteiger charge is 2.22. The van der Waals surface area contributed by atoms with Crippen LogP contribution in [0.3, 0.4) is 0 Å². The maximum Gasteiger partial charge on any atom is 0.0628 e. The molecule has 1 unspecified atom stereocenters. The van der Waals surface area contributed by atoms with Crippen LogP contribution in [0.5, 0.6) is 0 Å². The second-order valence-corrected chi connectivity index (χ2v) is 4.36. The molecular weight excluding hydrogens is 186 g/mol. The van der Waals surface area contributed by atoms with Crippen LogP contribution in [0.4, 0.5) is 0 Å². The molecule has 82 valence electrons. The van der Waals surface area contributed by atoms with Crippen molar-refractivity contribution in [1.82, 2.24) is 4.90 Å². The van der Waals surface area contributed by atoms with Crippen LogP contribution in [0.15, 0.2) is 24.3 Å². The predicted octanol–water partition coefficient (Wildman–Crippen LogP) is 2.12. The number of benzene rings is 1. The van der Waals surface area contributed by atoms with Gasteiger partial charge in [-0.2, -0.15) is 0 Å². The fraction of sp³-hybridized carbons (Fsp3) is 0.538. The molecule has 0 bridgehead atoms. The third-order valence-electron chi connectivity index (χ3n) is 3.18. The minimum Gasteiger partial charge on any atom is -0.394 e. The number of hydrogen-bond donors (Lipinski definition) is 1. The molecule has 15 heavy (non-hydrogen) atoms. The molecule has 1 atom stereocenters. The SMILES string of the molecule is Cc1cccc(C(CO)N2CCCC2)c1. The van der Waals surface area contributed by atoms with Crippen LogP contribution in [-0.2, 0) is 0 Å². The summed E-state index contributed by atoms with van der Waals surface area (Å²) in [5, 5.41) is 9.49. The highest BCUT2D eigenvalue weighted by molar-refractivity contribution is 5.25. The van der Waals surface area contributed by atoms with Crippen molar-refractivity contribution in [2.45, 2.75) is 25.8 Å². The van der Waals surface area contributed by atoms with Gasteiger partial charge in [-0.3, -0.25) is 4.90 Å². The minimum absolute atomic E-state index is 0.201. The van der Waals surface area contributed by atoms with Crippen molar-refractivity contribution in [3.8, 4) is 0 Å². The van der Waals surface area contributed by atoms with Crippen molar-refractivity contribution in [1.29, 1.82) is 0 Å². The molecule has 0 aliphatic carbocycles. The van der Waals surface area contributed by atoms with E-state index in [-0.39, 0.29) is 12.6 Å². The fourth-order valence-electron chi connectivity index (χ4n) is 2.36. The first-order valence-electron chi connectivity index (χ1n) is 5.73. The van der Waals surface area contributed by atoms with E-state index >= 15 is 0 Å². The number of hydrogen-bond acceptors (Lipinski definition) is 2. The van der Waals surface area contributed by atoms with E-state index in [1.54, 1.807) is 0 Å². The third kappa shape index (κ3) is 2.39. The third-order valence-corrected chi connectivity index (χ3v) is 3.18. The van der Waals surface area contributed by atoms with Crippen molar-refractivity contribution in [3.05, 3.63) is 35.4 Å². The summed E-state index contributed by atoms with van der Waals surface area (Å²) in [6.07, 6.45) is 2.53. The number of aryl methyl sites for hydroxylation is 1. The number of likely N-dealkylation sites (tertiary alicyclic amines) is 1. The first-order valence-corrected chi connectivity index (χ1v) is 5.73. The van der Waals surface area contributed by atoms with Crippen LogP contribution in [0, 0.1) is 6.92 Å². The zero-order chi connectivity index (χ0) is 10.7. The average molecular weight is 205 g/mol. The van der Waals surface area contributed by atoms with Crippen LogP contribution in [0.25, 0.3) is 0 Å². The summed E-state index contributed by atoms with van der Waals surface area (Å²) in [6, 6.07) is 8.67. The Bertz CT molecular complexity index is 318. The van der Waals surface area contributed by atoms with Crippen molar-refractivity contribution in [2.75, 3.05) is 19.7 Å². The molecule has 1 aromatic carbocycles. The fourth-order valence-corrected chi connectivity index (χ4v) is 2.36. The van der Waals surface area contributed by atoms with E-state index in [1.807, 2.05) is 0 Å². The lowest BCUT2D eigenvalue weighted by Gasteiger charge is -2.26. The summed E-state index contributed by atoms with van der Waals surface area (Å²) >= 11 is 0. The summed E-state index contributed by atoms with van der Waals surface area (Å²) in [5.74, 6) is 0. The Kier molecular flexibility index (Phi) is 3.39. The highest BCUT2D eigenvalue weighted by atomic mass is 16.3. The molecule has 0 radical (unpaired) electrons. The van der Waals surface area contributed by atoms with Crippen LogP contribution in [-0.4, -0.2) is 29.7 Å².